The number of hydrogen-bond acceptors (Lipinski definition) is 3. The maximum absolute atomic E-state index is 12.0. The van der Waals surface area contributed by atoms with E-state index in [0.717, 1.165) is 19.5 Å². The van der Waals surface area contributed by atoms with Crippen molar-refractivity contribution in [1.29, 1.82) is 0 Å². The van der Waals surface area contributed by atoms with E-state index in [1.165, 1.54) is 4.90 Å². The number of carbonyl (C=O) groups is 2. The van der Waals surface area contributed by atoms with Crippen molar-refractivity contribution in [1.82, 2.24) is 10.2 Å². The number of rotatable bonds is 4. The zero-order chi connectivity index (χ0) is 15.4. The van der Waals surface area contributed by atoms with Crippen molar-refractivity contribution in [2.45, 2.75) is 12.8 Å². The first-order valence-electron chi connectivity index (χ1n) is 6.99. The highest BCUT2D eigenvalue weighted by atomic mass is 35.5. The molecule has 0 aromatic heterocycles. The summed E-state index contributed by atoms with van der Waals surface area (Å²) in [6, 6.07) is 4.96. The summed E-state index contributed by atoms with van der Waals surface area (Å²) >= 11 is 6.04. The van der Waals surface area contributed by atoms with Gasteiger partial charge in [0.05, 0.1) is 10.6 Å². The largest absolute Gasteiger partial charge is 0.345 e. The molecule has 1 fully saturated rings. The lowest BCUT2D eigenvalue weighted by molar-refractivity contribution is -0.116. The minimum absolute atomic E-state index is 0.0331. The third-order valence-corrected chi connectivity index (χ3v) is 3.85. The Morgan fingerprint density at radius 2 is 2.19 bits per heavy atom. The van der Waals surface area contributed by atoms with Crippen LogP contribution in [-0.4, -0.2) is 43.9 Å². The molecule has 0 saturated carbocycles. The Morgan fingerprint density at radius 3 is 2.81 bits per heavy atom. The maximum Gasteiger partial charge on any atom is 0.254 e. The Hall–Kier alpha value is -1.59. The van der Waals surface area contributed by atoms with Crippen LogP contribution in [0.4, 0.5) is 5.69 Å². The van der Waals surface area contributed by atoms with Crippen LogP contribution in [0.25, 0.3) is 0 Å². The fraction of sp³-hybridized carbons (Fsp3) is 0.467. The van der Waals surface area contributed by atoms with Crippen LogP contribution in [0.3, 0.4) is 0 Å². The van der Waals surface area contributed by atoms with Crippen molar-refractivity contribution in [3.8, 4) is 0 Å². The summed E-state index contributed by atoms with van der Waals surface area (Å²) in [6.45, 7) is 1.86. The quantitative estimate of drug-likeness (QED) is 0.894. The van der Waals surface area contributed by atoms with Crippen molar-refractivity contribution in [2.24, 2.45) is 5.92 Å². The fourth-order valence-electron chi connectivity index (χ4n) is 2.37. The highest BCUT2D eigenvalue weighted by Crippen LogP contribution is 2.22. The highest BCUT2D eigenvalue weighted by Gasteiger charge is 2.19. The van der Waals surface area contributed by atoms with Crippen LogP contribution in [0.1, 0.15) is 23.2 Å². The Bertz CT molecular complexity index is 540. The molecule has 0 radical (unpaired) electrons. The zero-order valence-corrected chi connectivity index (χ0v) is 13.0. The first-order chi connectivity index (χ1) is 9.97. The molecule has 0 spiro atoms. The summed E-state index contributed by atoms with van der Waals surface area (Å²) in [5.74, 6) is 0.172. The van der Waals surface area contributed by atoms with Gasteiger partial charge < -0.3 is 15.5 Å². The summed E-state index contributed by atoms with van der Waals surface area (Å²) in [7, 11) is 3.33. The molecule has 2 rings (SSSR count). The van der Waals surface area contributed by atoms with Crippen molar-refractivity contribution in [2.75, 3.05) is 32.5 Å². The molecule has 2 amide bonds. The second kappa shape index (κ2) is 6.91. The SMILES string of the molecule is CN(C)C(=O)c1cc(NC(=O)CC2CCNC2)ccc1Cl. The van der Waals surface area contributed by atoms with E-state index in [4.69, 9.17) is 11.6 Å². The van der Waals surface area contributed by atoms with E-state index < -0.39 is 0 Å². The van der Waals surface area contributed by atoms with Gasteiger partial charge in [-0.05, 0) is 43.6 Å². The van der Waals surface area contributed by atoms with Gasteiger partial charge in [-0.25, -0.2) is 0 Å². The number of halogens is 1. The smallest absolute Gasteiger partial charge is 0.254 e. The Labute approximate surface area is 129 Å². The summed E-state index contributed by atoms with van der Waals surface area (Å²) in [4.78, 5) is 25.5. The van der Waals surface area contributed by atoms with Crippen LogP contribution in [-0.2, 0) is 4.79 Å². The van der Waals surface area contributed by atoms with Gasteiger partial charge in [0.1, 0.15) is 0 Å². The van der Waals surface area contributed by atoms with Crippen LogP contribution in [0.15, 0.2) is 18.2 Å². The van der Waals surface area contributed by atoms with Gasteiger partial charge in [-0.1, -0.05) is 11.6 Å². The Morgan fingerprint density at radius 1 is 1.43 bits per heavy atom. The van der Waals surface area contributed by atoms with Gasteiger partial charge in [-0.3, -0.25) is 9.59 Å². The Kier molecular flexibility index (Phi) is 5.20. The van der Waals surface area contributed by atoms with E-state index in [1.54, 1.807) is 32.3 Å². The van der Waals surface area contributed by atoms with Crippen molar-refractivity contribution in [3.63, 3.8) is 0 Å². The van der Waals surface area contributed by atoms with Crippen LogP contribution in [0, 0.1) is 5.92 Å². The van der Waals surface area contributed by atoms with Crippen LogP contribution in [0.5, 0.6) is 0 Å². The van der Waals surface area contributed by atoms with E-state index in [1.807, 2.05) is 0 Å². The molecule has 6 heteroatoms. The summed E-state index contributed by atoms with van der Waals surface area (Å²) in [5, 5.41) is 6.45. The molecule has 2 N–H and O–H groups in total. The number of anilines is 1. The third kappa shape index (κ3) is 4.19. The van der Waals surface area contributed by atoms with Gasteiger partial charge in [0.15, 0.2) is 0 Å². The first-order valence-corrected chi connectivity index (χ1v) is 7.37. The topological polar surface area (TPSA) is 61.4 Å². The first kappa shape index (κ1) is 15.8. The normalized spacial score (nSPS) is 17.6. The molecule has 1 heterocycles. The predicted octanol–water partition coefficient (Wildman–Crippen LogP) is 1.98. The monoisotopic (exact) mass is 309 g/mol. The average Bonchev–Trinajstić information content (AvgIpc) is 2.92. The van der Waals surface area contributed by atoms with Gasteiger partial charge in [0.25, 0.3) is 5.91 Å². The third-order valence-electron chi connectivity index (χ3n) is 3.52. The highest BCUT2D eigenvalue weighted by molar-refractivity contribution is 6.34. The number of benzene rings is 1. The second-order valence-electron chi connectivity index (χ2n) is 5.51. The zero-order valence-electron chi connectivity index (χ0n) is 12.3. The van der Waals surface area contributed by atoms with Crippen molar-refractivity contribution in [3.05, 3.63) is 28.8 Å². The van der Waals surface area contributed by atoms with Gasteiger partial charge in [0.2, 0.25) is 5.91 Å². The van der Waals surface area contributed by atoms with Crippen LogP contribution >= 0.6 is 11.6 Å². The minimum atomic E-state index is -0.184. The standard InChI is InChI=1S/C15H20ClN3O2/c1-19(2)15(21)12-8-11(3-4-13(12)16)18-14(20)7-10-5-6-17-9-10/h3-4,8,10,17H,5-7,9H2,1-2H3,(H,18,20). The summed E-state index contributed by atoms with van der Waals surface area (Å²) in [6.07, 6.45) is 1.52. The average molecular weight is 310 g/mol. The summed E-state index contributed by atoms with van der Waals surface area (Å²) in [5.41, 5.74) is 0.988. The van der Waals surface area contributed by atoms with Gasteiger partial charge in [0, 0.05) is 26.2 Å². The molecule has 1 aromatic rings. The number of carbonyl (C=O) groups excluding carboxylic acids is 2. The number of nitrogens with zero attached hydrogens (tertiary/aromatic N) is 1. The molecular weight excluding hydrogens is 290 g/mol. The fourth-order valence-corrected chi connectivity index (χ4v) is 2.57. The van der Waals surface area contributed by atoms with E-state index >= 15 is 0 Å². The van der Waals surface area contributed by atoms with Gasteiger partial charge in [-0.2, -0.15) is 0 Å². The Balaban J connectivity index is 2.04. The maximum atomic E-state index is 12.0. The lowest BCUT2D eigenvalue weighted by atomic mass is 10.0. The molecule has 1 saturated heterocycles. The summed E-state index contributed by atoms with van der Waals surface area (Å²) < 4.78 is 0. The molecule has 0 bridgehead atoms. The second-order valence-corrected chi connectivity index (χ2v) is 5.91. The lowest BCUT2D eigenvalue weighted by Gasteiger charge is -2.14. The van der Waals surface area contributed by atoms with Crippen LogP contribution < -0.4 is 10.6 Å². The number of nitrogens with one attached hydrogen (secondary N) is 2. The van der Waals surface area contributed by atoms with Gasteiger partial charge in [-0.15, -0.1) is 0 Å². The molecule has 1 aromatic carbocycles. The van der Waals surface area contributed by atoms with E-state index in [2.05, 4.69) is 10.6 Å². The minimum Gasteiger partial charge on any atom is -0.345 e. The van der Waals surface area contributed by atoms with Gasteiger partial charge >= 0.3 is 0 Å². The van der Waals surface area contributed by atoms with E-state index in [-0.39, 0.29) is 11.8 Å². The molecule has 21 heavy (non-hydrogen) atoms. The molecule has 1 atom stereocenters. The number of amides is 2. The van der Waals surface area contributed by atoms with E-state index in [0.29, 0.717) is 28.6 Å². The number of hydrogen-bond donors (Lipinski definition) is 2. The molecule has 114 valence electrons. The molecule has 1 unspecified atom stereocenters. The molecule has 1 aliphatic rings. The molecule has 5 nitrogen and oxygen atoms in total. The molecule has 0 aliphatic carbocycles. The van der Waals surface area contributed by atoms with Crippen molar-refractivity contribution >= 4 is 29.1 Å². The molecule has 1 aliphatic heterocycles. The lowest BCUT2D eigenvalue weighted by Crippen LogP contribution is -2.22. The van der Waals surface area contributed by atoms with Crippen LogP contribution in [0.2, 0.25) is 5.02 Å². The van der Waals surface area contributed by atoms with Crippen molar-refractivity contribution < 1.29 is 9.59 Å². The molecular formula is C15H20ClN3O2. The predicted molar refractivity (Wildman–Crippen MR) is 83.7 cm³/mol. The van der Waals surface area contributed by atoms with E-state index in [9.17, 15) is 9.59 Å².